The highest BCUT2D eigenvalue weighted by molar-refractivity contribution is 6.62. The molecule has 1 aliphatic rings. The van der Waals surface area contributed by atoms with Gasteiger partial charge in [-0.25, -0.2) is 4.98 Å². The van der Waals surface area contributed by atoms with Crippen LogP contribution in [-0.2, 0) is 9.31 Å². The molecule has 108 valence electrons. The summed E-state index contributed by atoms with van der Waals surface area (Å²) in [6, 6.07) is 2.00. The van der Waals surface area contributed by atoms with Gasteiger partial charge in [0.25, 0.3) is 0 Å². The number of nitrogen functional groups attached to an aromatic ring is 1. The molecular formula is C15H23BN2O2. The Kier molecular flexibility index (Phi) is 3.69. The maximum atomic E-state index is 6.04. The van der Waals surface area contributed by atoms with Crippen molar-refractivity contribution < 1.29 is 9.31 Å². The molecule has 0 aromatic carbocycles. The third kappa shape index (κ3) is 2.48. The lowest BCUT2D eigenvalue weighted by Crippen LogP contribution is -2.41. The highest BCUT2D eigenvalue weighted by atomic mass is 16.7. The second kappa shape index (κ2) is 4.90. The van der Waals surface area contributed by atoms with Gasteiger partial charge in [0.15, 0.2) is 0 Å². The molecule has 0 atom stereocenters. The van der Waals surface area contributed by atoms with Crippen LogP contribution in [-0.4, -0.2) is 23.3 Å². The van der Waals surface area contributed by atoms with E-state index in [-0.39, 0.29) is 11.2 Å². The highest BCUT2D eigenvalue weighted by Crippen LogP contribution is 2.36. The largest absolute Gasteiger partial charge is 0.496 e. The Balaban J connectivity index is 2.37. The third-order valence-electron chi connectivity index (χ3n) is 4.32. The van der Waals surface area contributed by atoms with Crippen LogP contribution in [0, 0.1) is 0 Å². The Morgan fingerprint density at radius 2 is 1.80 bits per heavy atom. The van der Waals surface area contributed by atoms with E-state index >= 15 is 0 Å². The van der Waals surface area contributed by atoms with Gasteiger partial charge < -0.3 is 15.0 Å². The first-order chi connectivity index (χ1) is 9.18. The fraction of sp³-hybridized carbons (Fsp3) is 0.533. The molecule has 0 aliphatic carbocycles. The number of nitrogens with zero attached hydrogens (tertiary/aromatic N) is 1. The van der Waals surface area contributed by atoms with Gasteiger partial charge >= 0.3 is 7.12 Å². The molecule has 0 saturated carbocycles. The maximum absolute atomic E-state index is 6.04. The first kappa shape index (κ1) is 15.1. The molecular weight excluding hydrogens is 251 g/mol. The zero-order valence-electron chi connectivity index (χ0n) is 13.2. The number of hydrogen-bond donors (Lipinski definition) is 1. The van der Waals surface area contributed by atoms with Crippen molar-refractivity contribution in [3.63, 3.8) is 0 Å². The number of pyridine rings is 1. The minimum absolute atomic E-state index is 0.352. The Hall–Kier alpha value is -1.33. The van der Waals surface area contributed by atoms with Crippen molar-refractivity contribution in [3.8, 4) is 0 Å². The second-order valence-electron chi connectivity index (χ2n) is 6.26. The van der Waals surface area contributed by atoms with Crippen molar-refractivity contribution in [3.05, 3.63) is 23.9 Å². The quantitative estimate of drug-likeness (QED) is 0.841. The van der Waals surface area contributed by atoms with Crippen LogP contribution >= 0.6 is 0 Å². The van der Waals surface area contributed by atoms with Gasteiger partial charge in [0, 0.05) is 17.2 Å². The van der Waals surface area contributed by atoms with Gasteiger partial charge in [0.1, 0.15) is 5.82 Å². The van der Waals surface area contributed by atoms with Gasteiger partial charge in [-0.05, 0) is 53.2 Å². The van der Waals surface area contributed by atoms with E-state index in [1.165, 1.54) is 0 Å². The fourth-order valence-electron chi connectivity index (χ4n) is 2.07. The Labute approximate surface area is 121 Å². The molecule has 4 nitrogen and oxygen atoms in total. The Morgan fingerprint density at radius 3 is 2.30 bits per heavy atom. The summed E-state index contributed by atoms with van der Waals surface area (Å²) in [5, 5.41) is 0. The summed E-state index contributed by atoms with van der Waals surface area (Å²) in [7, 11) is -0.406. The van der Waals surface area contributed by atoms with Gasteiger partial charge in [-0.2, -0.15) is 0 Å². The number of anilines is 1. The molecule has 2 heterocycles. The van der Waals surface area contributed by atoms with Crippen molar-refractivity contribution in [1.82, 2.24) is 4.98 Å². The van der Waals surface area contributed by atoms with Crippen molar-refractivity contribution in [2.24, 2.45) is 0 Å². The van der Waals surface area contributed by atoms with Crippen LogP contribution in [0.3, 0.4) is 0 Å². The lowest BCUT2D eigenvalue weighted by Gasteiger charge is -2.32. The van der Waals surface area contributed by atoms with Crippen LogP contribution in [0.25, 0.3) is 5.57 Å². The monoisotopic (exact) mass is 274 g/mol. The third-order valence-corrected chi connectivity index (χ3v) is 4.32. The smallest absolute Gasteiger partial charge is 0.399 e. The molecule has 0 amide bonds. The fourth-order valence-corrected chi connectivity index (χ4v) is 2.07. The van der Waals surface area contributed by atoms with Crippen LogP contribution in [0.4, 0.5) is 5.82 Å². The van der Waals surface area contributed by atoms with Gasteiger partial charge in [0.05, 0.1) is 11.2 Å². The minimum atomic E-state index is -0.406. The molecule has 2 rings (SSSR count). The molecule has 0 spiro atoms. The second-order valence-corrected chi connectivity index (χ2v) is 6.26. The Bertz CT molecular complexity index is 537. The topological polar surface area (TPSA) is 57.4 Å². The van der Waals surface area contributed by atoms with Crippen LogP contribution in [0.1, 0.15) is 47.1 Å². The first-order valence-corrected chi connectivity index (χ1v) is 6.92. The number of aromatic nitrogens is 1. The summed E-state index contributed by atoms with van der Waals surface area (Å²) in [4.78, 5) is 4.27. The van der Waals surface area contributed by atoms with Gasteiger partial charge in [-0.15, -0.1) is 0 Å². The predicted molar refractivity (Wildman–Crippen MR) is 83.7 cm³/mol. The molecule has 20 heavy (non-hydrogen) atoms. The molecule has 0 bridgehead atoms. The zero-order chi connectivity index (χ0) is 15.1. The van der Waals surface area contributed by atoms with E-state index in [9.17, 15) is 0 Å². The summed E-state index contributed by atoms with van der Waals surface area (Å²) in [5.41, 5.74) is 8.15. The van der Waals surface area contributed by atoms with Crippen LogP contribution < -0.4 is 11.2 Å². The molecule has 5 heteroatoms. The highest BCUT2D eigenvalue weighted by Gasteiger charge is 2.51. The van der Waals surface area contributed by atoms with Crippen LogP contribution in [0.5, 0.6) is 0 Å². The molecule has 1 aliphatic heterocycles. The Morgan fingerprint density at radius 1 is 1.25 bits per heavy atom. The molecule has 1 aromatic heterocycles. The summed E-state index contributed by atoms with van der Waals surface area (Å²) in [6.07, 6.45) is 3.74. The number of rotatable bonds is 2. The number of nitrogens with two attached hydrogens (primary N) is 1. The van der Waals surface area contributed by atoms with E-state index in [1.807, 2.05) is 53.7 Å². The summed E-state index contributed by atoms with van der Waals surface area (Å²) >= 11 is 0. The lowest BCUT2D eigenvalue weighted by molar-refractivity contribution is 0.00578. The van der Waals surface area contributed by atoms with E-state index in [0.29, 0.717) is 5.82 Å². The minimum Gasteiger partial charge on any atom is -0.399 e. The van der Waals surface area contributed by atoms with Crippen molar-refractivity contribution >= 4 is 24.0 Å². The summed E-state index contributed by atoms with van der Waals surface area (Å²) in [6.45, 7) is 12.1. The standard InChI is InChI=1S/C15H23BN2O2/c1-7-10(2)12-8-11(9-18-13(12)17)16-19-14(3,4)15(5,6)20-16/h7-9H,1-6H3,(H2,17,18). The zero-order valence-corrected chi connectivity index (χ0v) is 13.2. The molecule has 0 radical (unpaired) electrons. The van der Waals surface area contributed by atoms with Crippen LogP contribution in [0.15, 0.2) is 18.3 Å². The summed E-state index contributed by atoms with van der Waals surface area (Å²) < 4.78 is 12.1. The van der Waals surface area contributed by atoms with Crippen molar-refractivity contribution in [1.29, 1.82) is 0 Å². The van der Waals surface area contributed by atoms with Gasteiger partial charge in [-0.3, -0.25) is 0 Å². The average molecular weight is 274 g/mol. The molecule has 0 unspecified atom stereocenters. The van der Waals surface area contributed by atoms with E-state index in [0.717, 1.165) is 16.6 Å². The molecule has 1 saturated heterocycles. The van der Waals surface area contributed by atoms with Gasteiger partial charge in [-0.1, -0.05) is 6.08 Å². The summed E-state index contributed by atoms with van der Waals surface area (Å²) in [5.74, 6) is 0.529. The normalized spacial score (nSPS) is 21.3. The van der Waals surface area contributed by atoms with E-state index in [1.54, 1.807) is 6.20 Å². The number of allylic oxidation sites excluding steroid dienone is 2. The van der Waals surface area contributed by atoms with Crippen molar-refractivity contribution in [2.45, 2.75) is 52.7 Å². The predicted octanol–water partition coefficient (Wildman–Crippen LogP) is 2.39. The van der Waals surface area contributed by atoms with E-state index in [2.05, 4.69) is 4.98 Å². The first-order valence-electron chi connectivity index (χ1n) is 6.92. The average Bonchev–Trinajstić information content (AvgIpc) is 2.58. The molecule has 1 fully saturated rings. The van der Waals surface area contributed by atoms with E-state index in [4.69, 9.17) is 15.0 Å². The van der Waals surface area contributed by atoms with Crippen LogP contribution in [0.2, 0.25) is 0 Å². The SMILES string of the molecule is CC=C(C)c1cc(B2OC(C)(C)C(C)(C)O2)cnc1N. The molecule has 2 N–H and O–H groups in total. The maximum Gasteiger partial charge on any atom is 0.496 e. The van der Waals surface area contributed by atoms with E-state index < -0.39 is 7.12 Å². The molecule has 1 aromatic rings. The van der Waals surface area contributed by atoms with Gasteiger partial charge in [0.2, 0.25) is 0 Å². The number of hydrogen-bond acceptors (Lipinski definition) is 4. The lowest BCUT2D eigenvalue weighted by atomic mass is 9.79. The van der Waals surface area contributed by atoms with Crippen molar-refractivity contribution in [2.75, 3.05) is 5.73 Å².